The van der Waals surface area contributed by atoms with Crippen LogP contribution in [0.2, 0.25) is 0 Å². The van der Waals surface area contributed by atoms with Crippen LogP contribution < -0.4 is 5.32 Å². The lowest BCUT2D eigenvalue weighted by Crippen LogP contribution is -2.12. The summed E-state index contributed by atoms with van der Waals surface area (Å²) in [6.45, 7) is 0. The van der Waals surface area contributed by atoms with Gasteiger partial charge in [-0.15, -0.1) is 0 Å². The molecule has 0 saturated carbocycles. The highest BCUT2D eigenvalue weighted by Gasteiger charge is 2.25. The molecule has 0 heterocycles. The van der Waals surface area contributed by atoms with Crippen LogP contribution in [-0.2, 0) is 0 Å². The van der Waals surface area contributed by atoms with E-state index in [-0.39, 0.29) is 5.56 Å². The Labute approximate surface area is 123 Å². The number of nitrogens with zero attached hydrogens (tertiary/aromatic N) is 1. The third kappa shape index (κ3) is 3.00. The molecular formula is C14H10F2N2O4. The van der Waals surface area contributed by atoms with E-state index < -0.39 is 39.9 Å². The number of para-hydroxylation sites is 1. The molecule has 0 aliphatic heterocycles. The summed E-state index contributed by atoms with van der Waals surface area (Å²) in [4.78, 5) is 21.2. The van der Waals surface area contributed by atoms with Crippen molar-refractivity contribution >= 4 is 17.3 Å². The number of rotatable bonds is 5. The smallest absolute Gasteiger partial charge is 0.338 e. The Bertz CT molecular complexity index is 704. The highest BCUT2D eigenvalue weighted by molar-refractivity contribution is 5.96. The molecule has 114 valence electrons. The molecule has 0 saturated heterocycles. The number of hydrogen-bond acceptors (Lipinski definition) is 4. The molecule has 0 aliphatic carbocycles. The standard InChI is InChI=1S/C14H10F2N2O4/c15-10-6-2-1-4-8(10)13(16)17-12-9(14(19)20)5-3-7-11(12)18(21)22/h1-7,13,17H,(H,19,20). The molecule has 0 fully saturated rings. The molecular weight excluding hydrogens is 298 g/mol. The topological polar surface area (TPSA) is 92.5 Å². The molecule has 0 aliphatic rings. The second-order valence-electron chi connectivity index (χ2n) is 4.29. The van der Waals surface area contributed by atoms with Gasteiger partial charge in [0.2, 0.25) is 0 Å². The monoisotopic (exact) mass is 308 g/mol. The van der Waals surface area contributed by atoms with Crippen molar-refractivity contribution in [3.63, 3.8) is 0 Å². The number of carbonyl (C=O) groups is 1. The molecule has 1 atom stereocenters. The molecule has 22 heavy (non-hydrogen) atoms. The summed E-state index contributed by atoms with van der Waals surface area (Å²) in [5.74, 6) is -2.31. The first-order valence-corrected chi connectivity index (χ1v) is 6.07. The zero-order chi connectivity index (χ0) is 16.3. The second kappa shape index (κ2) is 6.17. The minimum Gasteiger partial charge on any atom is -0.478 e. The van der Waals surface area contributed by atoms with E-state index in [0.717, 1.165) is 24.3 Å². The summed E-state index contributed by atoms with van der Waals surface area (Å²) in [6, 6.07) is 8.23. The number of nitro benzene ring substituents is 1. The average molecular weight is 308 g/mol. The Morgan fingerprint density at radius 2 is 1.91 bits per heavy atom. The number of aromatic carboxylic acids is 1. The maximum atomic E-state index is 14.2. The van der Waals surface area contributed by atoms with Crippen molar-refractivity contribution in [2.75, 3.05) is 5.32 Å². The van der Waals surface area contributed by atoms with Crippen molar-refractivity contribution in [1.29, 1.82) is 0 Å². The number of halogens is 2. The zero-order valence-electron chi connectivity index (χ0n) is 11.0. The largest absolute Gasteiger partial charge is 0.478 e. The normalized spacial score (nSPS) is 11.7. The summed E-state index contributed by atoms with van der Waals surface area (Å²) in [7, 11) is 0. The second-order valence-corrected chi connectivity index (χ2v) is 4.29. The van der Waals surface area contributed by atoms with Crippen molar-refractivity contribution in [2.24, 2.45) is 0 Å². The van der Waals surface area contributed by atoms with Crippen LogP contribution in [0.4, 0.5) is 20.2 Å². The van der Waals surface area contributed by atoms with Crippen LogP contribution >= 0.6 is 0 Å². The van der Waals surface area contributed by atoms with E-state index in [9.17, 15) is 23.7 Å². The van der Waals surface area contributed by atoms with E-state index in [1.165, 1.54) is 18.2 Å². The van der Waals surface area contributed by atoms with Crippen LogP contribution in [0.15, 0.2) is 42.5 Å². The van der Waals surface area contributed by atoms with E-state index in [1.54, 1.807) is 0 Å². The van der Waals surface area contributed by atoms with Crippen molar-refractivity contribution < 1.29 is 23.6 Å². The van der Waals surface area contributed by atoms with Gasteiger partial charge in [0.15, 0.2) is 6.30 Å². The molecule has 2 rings (SSSR count). The molecule has 0 aromatic heterocycles. The number of benzene rings is 2. The summed E-state index contributed by atoms with van der Waals surface area (Å²) in [5, 5.41) is 22.1. The first kappa shape index (κ1) is 15.4. The first-order valence-electron chi connectivity index (χ1n) is 6.07. The molecule has 0 radical (unpaired) electrons. The molecule has 8 heteroatoms. The van der Waals surface area contributed by atoms with Gasteiger partial charge in [0, 0.05) is 11.6 Å². The number of carboxylic acids is 1. The molecule has 2 aromatic rings. The van der Waals surface area contributed by atoms with Crippen LogP contribution in [0.1, 0.15) is 22.2 Å². The number of anilines is 1. The Hall–Kier alpha value is -3.03. The van der Waals surface area contributed by atoms with E-state index in [2.05, 4.69) is 5.32 Å². The van der Waals surface area contributed by atoms with Gasteiger partial charge in [0.1, 0.15) is 11.5 Å². The van der Waals surface area contributed by atoms with Crippen LogP contribution in [0.5, 0.6) is 0 Å². The van der Waals surface area contributed by atoms with E-state index in [0.29, 0.717) is 0 Å². The lowest BCUT2D eigenvalue weighted by Gasteiger charge is -2.15. The van der Waals surface area contributed by atoms with Crippen LogP contribution in [-0.4, -0.2) is 16.0 Å². The van der Waals surface area contributed by atoms with Crippen LogP contribution in [0.25, 0.3) is 0 Å². The molecule has 0 bridgehead atoms. The average Bonchev–Trinajstić information content (AvgIpc) is 2.47. The van der Waals surface area contributed by atoms with Crippen molar-refractivity contribution in [2.45, 2.75) is 6.30 Å². The van der Waals surface area contributed by atoms with Crippen molar-refractivity contribution in [1.82, 2.24) is 0 Å². The van der Waals surface area contributed by atoms with Crippen LogP contribution in [0.3, 0.4) is 0 Å². The van der Waals surface area contributed by atoms with Gasteiger partial charge in [-0.2, -0.15) is 0 Å². The molecule has 2 aromatic carbocycles. The zero-order valence-corrected chi connectivity index (χ0v) is 11.0. The summed E-state index contributed by atoms with van der Waals surface area (Å²) in [6.07, 6.45) is -2.14. The Morgan fingerprint density at radius 3 is 2.50 bits per heavy atom. The van der Waals surface area contributed by atoms with Gasteiger partial charge in [-0.05, 0) is 12.1 Å². The fourth-order valence-corrected chi connectivity index (χ4v) is 1.91. The summed E-state index contributed by atoms with van der Waals surface area (Å²) in [5.41, 5.74) is -1.99. The number of carboxylic acid groups (broad SMARTS) is 1. The minimum atomic E-state index is -2.14. The van der Waals surface area contributed by atoms with Gasteiger partial charge in [-0.3, -0.25) is 10.1 Å². The number of nitro groups is 1. The predicted octanol–water partition coefficient (Wildman–Crippen LogP) is 3.51. The SMILES string of the molecule is O=C(O)c1cccc([N+](=O)[O-])c1NC(F)c1ccccc1F. The third-order valence-corrected chi connectivity index (χ3v) is 2.92. The minimum absolute atomic E-state index is 0.378. The van der Waals surface area contributed by atoms with Crippen LogP contribution in [0, 0.1) is 15.9 Å². The summed E-state index contributed by atoms with van der Waals surface area (Å²) < 4.78 is 27.7. The highest BCUT2D eigenvalue weighted by Crippen LogP contribution is 2.32. The molecule has 0 spiro atoms. The van der Waals surface area contributed by atoms with E-state index >= 15 is 0 Å². The lowest BCUT2D eigenvalue weighted by molar-refractivity contribution is -0.384. The molecule has 2 N–H and O–H groups in total. The third-order valence-electron chi connectivity index (χ3n) is 2.92. The Balaban J connectivity index is 2.46. The number of alkyl halides is 1. The Kier molecular flexibility index (Phi) is 4.31. The van der Waals surface area contributed by atoms with Gasteiger partial charge < -0.3 is 10.4 Å². The van der Waals surface area contributed by atoms with Gasteiger partial charge in [-0.1, -0.05) is 24.3 Å². The quantitative estimate of drug-likeness (QED) is 0.501. The molecule has 6 nitrogen and oxygen atoms in total. The van der Waals surface area contributed by atoms with Gasteiger partial charge in [-0.25, -0.2) is 13.6 Å². The Morgan fingerprint density at radius 1 is 1.23 bits per heavy atom. The fraction of sp³-hybridized carbons (Fsp3) is 0.0714. The maximum Gasteiger partial charge on any atom is 0.338 e. The van der Waals surface area contributed by atoms with Gasteiger partial charge >= 0.3 is 5.97 Å². The number of hydrogen-bond donors (Lipinski definition) is 2. The predicted molar refractivity (Wildman–Crippen MR) is 73.9 cm³/mol. The lowest BCUT2D eigenvalue weighted by atomic mass is 10.1. The van der Waals surface area contributed by atoms with Gasteiger partial charge in [0.05, 0.1) is 10.5 Å². The molecule has 0 amide bonds. The van der Waals surface area contributed by atoms with Gasteiger partial charge in [0.25, 0.3) is 5.69 Å². The highest BCUT2D eigenvalue weighted by atomic mass is 19.1. The van der Waals surface area contributed by atoms with Crippen molar-refractivity contribution in [3.05, 3.63) is 69.5 Å². The van der Waals surface area contributed by atoms with Crippen molar-refractivity contribution in [3.8, 4) is 0 Å². The number of nitrogens with one attached hydrogen (secondary N) is 1. The summed E-state index contributed by atoms with van der Waals surface area (Å²) >= 11 is 0. The fourth-order valence-electron chi connectivity index (χ4n) is 1.91. The van der Waals surface area contributed by atoms with E-state index in [1.807, 2.05) is 0 Å². The van der Waals surface area contributed by atoms with E-state index in [4.69, 9.17) is 5.11 Å². The first-order chi connectivity index (χ1) is 10.4. The molecule has 1 unspecified atom stereocenters. The maximum absolute atomic E-state index is 14.2.